The van der Waals surface area contributed by atoms with E-state index in [1.165, 1.54) is 24.5 Å². The average Bonchev–Trinajstić information content (AvgIpc) is 0.879. The first-order valence-electron chi connectivity index (χ1n) is 39.7. The maximum atomic E-state index is 7.41. The van der Waals surface area contributed by atoms with E-state index < -0.39 is 41.1 Å². The van der Waals surface area contributed by atoms with Crippen LogP contribution in [0.4, 0.5) is 0 Å². The number of terminal acetylenes is 2. The van der Waals surface area contributed by atoms with Gasteiger partial charge < -0.3 is 42.8 Å². The summed E-state index contributed by atoms with van der Waals surface area (Å²) in [5.41, 5.74) is 20.1. The third-order valence-electron chi connectivity index (χ3n) is 14.1. The van der Waals surface area contributed by atoms with Crippen molar-refractivity contribution in [3.63, 3.8) is 0 Å². The van der Waals surface area contributed by atoms with Crippen LogP contribution >= 0.6 is 31.9 Å². The molecule has 14 aromatic rings. The summed E-state index contributed by atoms with van der Waals surface area (Å²) >= 11 is 6.13. The van der Waals surface area contributed by atoms with Crippen molar-refractivity contribution in [1.82, 2.24) is 29.9 Å². The van der Waals surface area contributed by atoms with Crippen molar-refractivity contribution in [2.45, 2.75) is 68.8 Å². The Kier molecular flexibility index (Phi) is 25.5. The number of benzene rings is 8. The Morgan fingerprint density at radius 1 is 0.333 bits per heavy atom. The Balaban J connectivity index is 0.000000253. The summed E-state index contributed by atoms with van der Waals surface area (Å²) < 4.78 is 133. The molecular weight excluding hydrogens is 1730 g/mol. The van der Waals surface area contributed by atoms with Crippen LogP contribution < -0.4 is 0 Å². The Morgan fingerprint density at radius 3 is 0.971 bits per heavy atom. The molecule has 14 rings (SSSR count). The molecule has 0 unspecified atom stereocenters. The van der Waals surface area contributed by atoms with Crippen molar-refractivity contribution < 1.29 is 64.9 Å². The molecule has 0 bridgehead atoms. The molecule has 0 radical (unpaired) electrons. The minimum Gasteiger partial charge on any atom is -0.697 e. The van der Waals surface area contributed by atoms with E-state index in [0.717, 1.165) is 111 Å². The summed E-state index contributed by atoms with van der Waals surface area (Å²) in [6, 6.07) is 89.1. The second-order valence-electron chi connectivity index (χ2n) is 21.6. The third kappa shape index (κ3) is 27.5. The third-order valence-corrected chi connectivity index (χ3v) is 14.9. The van der Waals surface area contributed by atoms with Crippen LogP contribution in [0.2, 0.25) is 0 Å². The second kappa shape index (κ2) is 44.3. The van der Waals surface area contributed by atoms with Gasteiger partial charge in [-0.2, -0.15) is 0 Å². The molecule has 0 saturated carbocycles. The van der Waals surface area contributed by atoms with E-state index in [1.54, 1.807) is 97.6 Å². The quantitative estimate of drug-likeness (QED) is 0.111. The average molecular weight is 1830 g/mol. The number of aromatic nitrogens is 6. The van der Waals surface area contributed by atoms with Crippen LogP contribution in [-0.2, 0) is 40.2 Å². The Hall–Kier alpha value is -9.96. The van der Waals surface area contributed by atoms with Gasteiger partial charge in [-0.25, -0.2) is 0 Å². The van der Waals surface area contributed by atoms with E-state index in [0.29, 0.717) is 27.9 Å². The minimum absolute atomic E-state index is 0. The van der Waals surface area contributed by atoms with E-state index in [-0.39, 0.29) is 51.3 Å². The van der Waals surface area contributed by atoms with Crippen molar-refractivity contribution in [2.24, 2.45) is 0 Å². The molecule has 0 aliphatic heterocycles. The number of nitrogens with zero attached hydrogens (tertiary/aromatic N) is 6. The normalized spacial score (nSPS) is 13.0. The second-order valence-corrected chi connectivity index (χ2v) is 22.9. The zero-order valence-electron chi connectivity index (χ0n) is 73.7. The van der Waals surface area contributed by atoms with Gasteiger partial charge in [-0.05, 0) is 137 Å². The van der Waals surface area contributed by atoms with Gasteiger partial charge in [-0.1, -0.05) is 168 Å². The molecule has 0 atom stereocenters. The number of rotatable bonds is 8. The van der Waals surface area contributed by atoms with Crippen LogP contribution in [0.25, 0.3) is 89.8 Å². The Bertz CT molecular complexity index is 5130. The summed E-state index contributed by atoms with van der Waals surface area (Å²) in [4.78, 5) is 27.7. The van der Waals surface area contributed by atoms with Crippen LogP contribution in [-0.4, -0.2) is 29.9 Å². The van der Waals surface area contributed by atoms with Gasteiger partial charge in [0.1, 0.15) is 0 Å². The fourth-order valence-corrected chi connectivity index (χ4v) is 9.16. The van der Waals surface area contributed by atoms with Crippen LogP contribution in [0, 0.1) is 129 Å². The first-order valence-corrected chi connectivity index (χ1v) is 32.3. The van der Waals surface area contributed by atoms with Crippen LogP contribution in [0.5, 0.6) is 0 Å². The zero-order chi connectivity index (χ0) is 86.6. The molecule has 8 aromatic carbocycles. The first kappa shape index (κ1) is 58.7. The predicted molar refractivity (Wildman–Crippen MR) is 423 cm³/mol. The maximum absolute atomic E-state index is 7.41. The molecule has 0 N–H and O–H groups in total. The molecule has 0 saturated heterocycles. The number of hydrogen-bond donors (Lipinski definition) is 0. The van der Waals surface area contributed by atoms with E-state index >= 15 is 0 Å². The molecule has 0 aliphatic rings. The topological polar surface area (TPSA) is 77.3 Å². The van der Waals surface area contributed by atoms with E-state index in [1.807, 2.05) is 179 Å². The predicted octanol–water partition coefficient (Wildman–Crippen LogP) is 23.6. The Labute approximate surface area is 675 Å². The van der Waals surface area contributed by atoms with Crippen LogP contribution in [0.15, 0.2) is 278 Å². The van der Waals surface area contributed by atoms with E-state index in [2.05, 4.69) is 116 Å². The van der Waals surface area contributed by atoms with Crippen LogP contribution in [0.1, 0.15) is 80.3 Å². The van der Waals surface area contributed by atoms with Crippen molar-refractivity contribution in [3.05, 3.63) is 377 Å². The molecule has 508 valence electrons. The van der Waals surface area contributed by atoms with Gasteiger partial charge >= 0.3 is 40.2 Å². The monoisotopic (exact) mass is 1830 g/mol. The van der Waals surface area contributed by atoms with Gasteiger partial charge in [0, 0.05) is 77.8 Å². The fourth-order valence-electron chi connectivity index (χ4n) is 8.82. The van der Waals surface area contributed by atoms with Crippen molar-refractivity contribution in [2.75, 3.05) is 0 Å². The van der Waals surface area contributed by atoms with Crippen molar-refractivity contribution in [3.8, 4) is 107 Å². The van der Waals surface area contributed by atoms with Crippen molar-refractivity contribution >= 4 is 31.9 Å². The molecule has 0 spiro atoms. The van der Waals surface area contributed by atoms with Crippen molar-refractivity contribution in [1.29, 1.82) is 0 Å². The largest absolute Gasteiger partial charge is 3.00 e. The summed E-state index contributed by atoms with van der Waals surface area (Å²) in [7, 11) is 0. The molecule has 0 aliphatic carbocycles. The SMILES string of the molecule is C#CBr.[2H]C([2H])([2H])c1c[c-]c(-c2ccc(C)cn2)cc1.[2H]C([2H])([2H])c1c[c-]c(-c2ccc(C)cn2)cc1.[2H]C([2H])([2H])c1ccc(-c2[c-]cc(C)c(Br)c2)nc1.[2H]C([2H])([2H])c1ccc(-c2[c-]cc(C)cc2)nc1.[2H]C([2H])([2H])c1ccc(-c2ccnc(-c3[c-]cccc3)c2)cc1.[2H]C([2H])([2H])c1ccc(-c2ccnc(-c3[c-]cccc3)c2)cc1.[C-]#C.[Ir+3].[Ir+3]. The minimum atomic E-state index is -2.11. The molecule has 6 nitrogen and oxygen atoms in total. The molecule has 6 aromatic heterocycles. The van der Waals surface area contributed by atoms with Gasteiger partial charge in [0.05, 0.1) is 0 Å². The molecular formula is C92H77Br2Ir2N6-. The molecule has 0 fully saturated rings. The van der Waals surface area contributed by atoms with Gasteiger partial charge in [-0.15, -0.1) is 214 Å². The van der Waals surface area contributed by atoms with Gasteiger partial charge in [0.25, 0.3) is 0 Å². The van der Waals surface area contributed by atoms with E-state index in [9.17, 15) is 0 Å². The summed E-state index contributed by atoms with van der Waals surface area (Å²) in [5.74, 6) is 0. The standard InChI is InChI=1S/2C18H14N.C13H11BrN.3C13H12N.C2HBr.C2H.2Ir/c2*1-14-7-9-15(10-8-14)17-11-12-19-18(13-17)16-5-3-2-4-6-16;1-9-3-6-13(15-8-9)11-5-4-10(2)12(14)7-11;3*1-10-3-6-12(7-4-10)13-8-5-11(2)9-14-13;1-2-3;1-2;;/h2*2-5,7-13H,1H3;3-4,6-8H,1-2H3;3*3-6,8-9H,1-2H3;1H;1H;;/q6*-1;;-1;2*+3/i3*1D3;2D3;2*1D3;;;;. The summed E-state index contributed by atoms with van der Waals surface area (Å²) in [6.07, 6.45) is 23.4. The Morgan fingerprint density at radius 2 is 0.657 bits per heavy atom. The molecule has 10 heteroatoms. The van der Waals surface area contributed by atoms with Gasteiger partial charge in [0.15, 0.2) is 0 Å². The number of hydrogen-bond acceptors (Lipinski definition) is 6. The van der Waals surface area contributed by atoms with Gasteiger partial charge in [-0.3, -0.25) is 0 Å². The van der Waals surface area contributed by atoms with Crippen LogP contribution in [0.3, 0.4) is 0 Å². The summed E-state index contributed by atoms with van der Waals surface area (Å²) in [6.45, 7) is -4.57. The molecule has 0 amide bonds. The molecule has 102 heavy (non-hydrogen) atoms. The zero-order valence-corrected chi connectivity index (χ0v) is 63.7. The smallest absolute Gasteiger partial charge is 0.697 e. The van der Waals surface area contributed by atoms with E-state index in [4.69, 9.17) is 31.1 Å². The number of aryl methyl sites for hydroxylation is 10. The number of pyridine rings is 6. The molecule has 6 heterocycles. The number of halogens is 2. The maximum Gasteiger partial charge on any atom is 3.00 e. The fraction of sp³-hybridized carbons (Fsp3) is 0.109. The van der Waals surface area contributed by atoms with Gasteiger partial charge in [0.2, 0.25) is 0 Å². The summed E-state index contributed by atoms with van der Waals surface area (Å²) in [5, 5.41) is 0. The first-order chi connectivity index (χ1) is 55.8.